The Balaban J connectivity index is 2.68. The van der Waals surface area contributed by atoms with Gasteiger partial charge in [-0.3, -0.25) is 9.78 Å². The molecule has 1 aromatic carbocycles. The highest BCUT2D eigenvalue weighted by Gasteiger charge is 2.07. The third-order valence-corrected chi connectivity index (χ3v) is 2.42. The van der Waals surface area contributed by atoms with Crippen molar-refractivity contribution in [2.75, 3.05) is 0 Å². The summed E-state index contributed by atoms with van der Waals surface area (Å²) in [6.45, 7) is 2.01. The van der Waals surface area contributed by atoms with E-state index in [1.807, 2.05) is 31.2 Å². The first kappa shape index (κ1) is 9.65. The van der Waals surface area contributed by atoms with Crippen molar-refractivity contribution in [1.82, 2.24) is 4.98 Å². The topological polar surface area (TPSA) is 56.0 Å². The molecule has 15 heavy (non-hydrogen) atoms. The summed E-state index contributed by atoms with van der Waals surface area (Å²) >= 11 is 0. The van der Waals surface area contributed by atoms with Crippen LogP contribution in [0.2, 0.25) is 0 Å². The van der Waals surface area contributed by atoms with E-state index in [9.17, 15) is 4.79 Å². The highest BCUT2D eigenvalue weighted by molar-refractivity contribution is 5.90. The van der Waals surface area contributed by atoms with E-state index in [1.165, 1.54) is 0 Å². The lowest BCUT2D eigenvalue weighted by atomic mass is 10.0. The Kier molecular flexibility index (Phi) is 2.37. The third-order valence-electron chi connectivity index (χ3n) is 2.42. The molecule has 76 valence electrons. The zero-order valence-corrected chi connectivity index (χ0v) is 8.53. The minimum atomic E-state index is -0.349. The maximum Gasteiger partial charge on any atom is 0.223 e. The number of nitrogens with zero attached hydrogens (tertiary/aromatic N) is 1. The lowest BCUT2D eigenvalue weighted by molar-refractivity contribution is -0.117. The average Bonchev–Trinajstić information content (AvgIpc) is 2.17. The van der Waals surface area contributed by atoms with Crippen LogP contribution in [0.1, 0.15) is 11.3 Å². The lowest BCUT2D eigenvalue weighted by Crippen LogP contribution is -2.14. The highest BCUT2D eigenvalue weighted by Crippen LogP contribution is 2.20. The van der Waals surface area contributed by atoms with Crippen LogP contribution in [0.25, 0.3) is 10.8 Å². The van der Waals surface area contributed by atoms with E-state index >= 15 is 0 Å². The number of aromatic nitrogens is 1. The van der Waals surface area contributed by atoms with E-state index in [-0.39, 0.29) is 12.3 Å². The van der Waals surface area contributed by atoms with Gasteiger partial charge in [-0.05, 0) is 23.9 Å². The van der Waals surface area contributed by atoms with Crippen molar-refractivity contribution < 1.29 is 4.79 Å². The van der Waals surface area contributed by atoms with Crippen molar-refractivity contribution in [2.24, 2.45) is 5.73 Å². The zero-order valence-electron chi connectivity index (χ0n) is 8.53. The summed E-state index contributed by atoms with van der Waals surface area (Å²) in [5.41, 5.74) is 7.07. The fraction of sp³-hybridized carbons (Fsp3) is 0.167. The molecule has 2 rings (SSSR count). The average molecular weight is 200 g/mol. The van der Waals surface area contributed by atoms with E-state index in [1.54, 1.807) is 6.20 Å². The van der Waals surface area contributed by atoms with E-state index in [0.717, 1.165) is 22.0 Å². The fourth-order valence-corrected chi connectivity index (χ4v) is 1.79. The Morgan fingerprint density at radius 1 is 1.40 bits per heavy atom. The molecule has 2 N–H and O–H groups in total. The molecule has 0 aliphatic carbocycles. The second-order valence-corrected chi connectivity index (χ2v) is 3.57. The van der Waals surface area contributed by atoms with Crippen LogP contribution in [0.5, 0.6) is 0 Å². The standard InChI is InChI=1S/C12H12N2O/c1-8-3-2-4-9-5-6-14-10(12(8)9)7-11(13)15/h2-6H,7H2,1H3,(H2,13,15). The number of rotatable bonds is 2. The largest absolute Gasteiger partial charge is 0.369 e. The lowest BCUT2D eigenvalue weighted by Gasteiger charge is -2.06. The molecular weight excluding hydrogens is 188 g/mol. The number of primary amides is 1. The molecule has 3 heteroatoms. The van der Waals surface area contributed by atoms with E-state index in [0.29, 0.717) is 0 Å². The quantitative estimate of drug-likeness (QED) is 0.800. The number of hydrogen-bond acceptors (Lipinski definition) is 2. The van der Waals surface area contributed by atoms with Gasteiger partial charge in [0, 0.05) is 11.6 Å². The van der Waals surface area contributed by atoms with Crippen molar-refractivity contribution in [2.45, 2.75) is 13.3 Å². The third kappa shape index (κ3) is 1.81. The number of pyridine rings is 1. The van der Waals surface area contributed by atoms with E-state index < -0.39 is 0 Å². The highest BCUT2D eigenvalue weighted by atomic mass is 16.1. The summed E-state index contributed by atoms with van der Waals surface area (Å²) in [4.78, 5) is 15.1. The molecular formula is C12H12N2O. The normalized spacial score (nSPS) is 10.5. The summed E-state index contributed by atoms with van der Waals surface area (Å²) in [6.07, 6.45) is 1.90. The number of carbonyl (C=O) groups is 1. The van der Waals surface area contributed by atoms with Crippen molar-refractivity contribution in [3.63, 3.8) is 0 Å². The van der Waals surface area contributed by atoms with Crippen LogP contribution < -0.4 is 5.73 Å². The molecule has 0 atom stereocenters. The fourth-order valence-electron chi connectivity index (χ4n) is 1.79. The smallest absolute Gasteiger partial charge is 0.223 e. The molecule has 0 fully saturated rings. The number of aryl methyl sites for hydroxylation is 1. The van der Waals surface area contributed by atoms with Crippen LogP contribution in [0.4, 0.5) is 0 Å². The summed E-state index contributed by atoms with van der Waals surface area (Å²) in [6, 6.07) is 7.95. The van der Waals surface area contributed by atoms with Gasteiger partial charge in [0.05, 0.1) is 12.1 Å². The Hall–Kier alpha value is -1.90. The van der Waals surface area contributed by atoms with Crippen LogP contribution in [0, 0.1) is 6.92 Å². The molecule has 1 heterocycles. The Labute approximate surface area is 87.9 Å². The van der Waals surface area contributed by atoms with Gasteiger partial charge in [-0.1, -0.05) is 18.2 Å². The number of hydrogen-bond donors (Lipinski definition) is 1. The number of carbonyl (C=O) groups excluding carboxylic acids is 1. The van der Waals surface area contributed by atoms with Crippen LogP contribution in [0.3, 0.4) is 0 Å². The van der Waals surface area contributed by atoms with Gasteiger partial charge in [0.1, 0.15) is 0 Å². The minimum absolute atomic E-state index is 0.197. The molecule has 0 radical (unpaired) electrons. The molecule has 0 aliphatic heterocycles. The number of benzene rings is 1. The predicted molar refractivity (Wildman–Crippen MR) is 59.4 cm³/mol. The van der Waals surface area contributed by atoms with Gasteiger partial charge in [0.2, 0.25) is 5.91 Å². The van der Waals surface area contributed by atoms with Crippen LogP contribution in [0.15, 0.2) is 30.5 Å². The molecule has 0 saturated heterocycles. The zero-order chi connectivity index (χ0) is 10.8. The molecule has 1 aromatic heterocycles. The second kappa shape index (κ2) is 3.69. The second-order valence-electron chi connectivity index (χ2n) is 3.57. The molecule has 0 spiro atoms. The van der Waals surface area contributed by atoms with Crippen LogP contribution in [-0.2, 0) is 11.2 Å². The predicted octanol–water partition coefficient (Wildman–Crippen LogP) is 1.57. The Morgan fingerprint density at radius 3 is 2.93 bits per heavy atom. The van der Waals surface area contributed by atoms with Gasteiger partial charge in [0.25, 0.3) is 0 Å². The molecule has 2 aromatic rings. The van der Waals surface area contributed by atoms with Gasteiger partial charge < -0.3 is 5.73 Å². The summed E-state index contributed by atoms with van der Waals surface area (Å²) in [5.74, 6) is -0.349. The van der Waals surface area contributed by atoms with Gasteiger partial charge in [0.15, 0.2) is 0 Å². The van der Waals surface area contributed by atoms with Crippen molar-refractivity contribution in [1.29, 1.82) is 0 Å². The first-order valence-corrected chi connectivity index (χ1v) is 4.80. The maximum atomic E-state index is 10.9. The molecule has 0 bridgehead atoms. The monoisotopic (exact) mass is 200 g/mol. The maximum absolute atomic E-state index is 10.9. The van der Waals surface area contributed by atoms with Gasteiger partial charge >= 0.3 is 0 Å². The first-order chi connectivity index (χ1) is 7.18. The molecule has 0 unspecified atom stereocenters. The van der Waals surface area contributed by atoms with Gasteiger partial charge in [-0.25, -0.2) is 0 Å². The Bertz CT molecular complexity index is 515. The molecule has 3 nitrogen and oxygen atoms in total. The Morgan fingerprint density at radius 2 is 2.20 bits per heavy atom. The van der Waals surface area contributed by atoms with E-state index in [4.69, 9.17) is 5.73 Å². The number of nitrogens with two attached hydrogens (primary N) is 1. The minimum Gasteiger partial charge on any atom is -0.369 e. The summed E-state index contributed by atoms with van der Waals surface area (Å²) in [7, 11) is 0. The number of fused-ring (bicyclic) bond motifs is 1. The van der Waals surface area contributed by atoms with Crippen molar-refractivity contribution in [3.8, 4) is 0 Å². The SMILES string of the molecule is Cc1cccc2ccnc(CC(N)=O)c12. The first-order valence-electron chi connectivity index (χ1n) is 4.80. The van der Waals surface area contributed by atoms with Crippen molar-refractivity contribution in [3.05, 3.63) is 41.7 Å². The van der Waals surface area contributed by atoms with Gasteiger partial charge in [-0.2, -0.15) is 0 Å². The molecule has 0 saturated carbocycles. The molecule has 0 aliphatic rings. The van der Waals surface area contributed by atoms with E-state index in [2.05, 4.69) is 4.98 Å². The summed E-state index contributed by atoms with van der Waals surface area (Å²) < 4.78 is 0. The van der Waals surface area contributed by atoms with Crippen LogP contribution in [-0.4, -0.2) is 10.9 Å². The van der Waals surface area contributed by atoms with Crippen LogP contribution >= 0.6 is 0 Å². The molecule has 1 amide bonds. The van der Waals surface area contributed by atoms with Gasteiger partial charge in [-0.15, -0.1) is 0 Å². The van der Waals surface area contributed by atoms with Crippen molar-refractivity contribution >= 4 is 16.7 Å². The number of amides is 1. The summed E-state index contributed by atoms with van der Waals surface area (Å²) in [5, 5.41) is 2.14.